The third-order valence-electron chi connectivity index (χ3n) is 3.46. The van der Waals surface area contributed by atoms with E-state index >= 15 is 0 Å². The van der Waals surface area contributed by atoms with Gasteiger partial charge in [-0.3, -0.25) is 4.79 Å². The van der Waals surface area contributed by atoms with Crippen LogP contribution in [0.25, 0.3) is 0 Å². The quantitative estimate of drug-likeness (QED) is 0.819. The normalized spacial score (nSPS) is 22.5. The van der Waals surface area contributed by atoms with Crippen molar-refractivity contribution in [2.45, 2.75) is 25.1 Å². The van der Waals surface area contributed by atoms with Gasteiger partial charge in [0.15, 0.2) is 0 Å². The number of carboxylic acids is 1. The molecule has 1 aromatic carbocycles. The first-order chi connectivity index (χ1) is 9.29. The Kier molecular flexibility index (Phi) is 5.58. The zero-order valence-corrected chi connectivity index (χ0v) is 11.6. The SMILES string of the molecule is Cl.O=C(O)C1CCNC(c2ccc(C(F)(F)F)cc2F)C1. The molecule has 2 atom stereocenters. The number of hydrogen-bond acceptors (Lipinski definition) is 2. The minimum absolute atomic E-state index is 0. The van der Waals surface area contributed by atoms with E-state index in [2.05, 4.69) is 5.32 Å². The van der Waals surface area contributed by atoms with E-state index in [9.17, 15) is 22.4 Å². The monoisotopic (exact) mass is 327 g/mol. The minimum Gasteiger partial charge on any atom is -0.481 e. The number of hydrogen-bond donors (Lipinski definition) is 2. The van der Waals surface area contributed by atoms with Crippen molar-refractivity contribution in [3.8, 4) is 0 Å². The van der Waals surface area contributed by atoms with E-state index in [4.69, 9.17) is 5.11 Å². The number of carbonyl (C=O) groups is 1. The second kappa shape index (κ2) is 6.62. The summed E-state index contributed by atoms with van der Waals surface area (Å²) < 4.78 is 51.2. The number of piperidine rings is 1. The predicted octanol–water partition coefficient (Wildman–Crippen LogP) is 3.39. The molecule has 118 valence electrons. The lowest BCUT2D eigenvalue weighted by Crippen LogP contribution is -2.35. The molecule has 2 rings (SSSR count). The van der Waals surface area contributed by atoms with E-state index in [1.165, 1.54) is 0 Å². The summed E-state index contributed by atoms with van der Waals surface area (Å²) in [5, 5.41) is 11.9. The van der Waals surface area contributed by atoms with Gasteiger partial charge < -0.3 is 10.4 Å². The largest absolute Gasteiger partial charge is 0.481 e. The highest BCUT2D eigenvalue weighted by molar-refractivity contribution is 5.85. The van der Waals surface area contributed by atoms with E-state index in [1.807, 2.05) is 0 Å². The molecule has 0 amide bonds. The van der Waals surface area contributed by atoms with Gasteiger partial charge in [-0.1, -0.05) is 6.07 Å². The fourth-order valence-corrected chi connectivity index (χ4v) is 2.36. The zero-order chi connectivity index (χ0) is 14.9. The Morgan fingerprint density at radius 1 is 1.33 bits per heavy atom. The lowest BCUT2D eigenvalue weighted by molar-refractivity contribution is -0.143. The fourth-order valence-electron chi connectivity index (χ4n) is 2.36. The van der Waals surface area contributed by atoms with Gasteiger partial charge in [0, 0.05) is 11.6 Å². The van der Waals surface area contributed by atoms with Crippen molar-refractivity contribution in [1.29, 1.82) is 0 Å². The van der Waals surface area contributed by atoms with Gasteiger partial charge >= 0.3 is 12.1 Å². The van der Waals surface area contributed by atoms with Crippen LogP contribution in [-0.2, 0) is 11.0 Å². The van der Waals surface area contributed by atoms with E-state index in [0.717, 1.165) is 12.1 Å². The summed E-state index contributed by atoms with van der Waals surface area (Å²) in [6, 6.07) is 1.75. The second-order valence-corrected chi connectivity index (χ2v) is 4.80. The molecule has 1 aromatic rings. The van der Waals surface area contributed by atoms with Crippen LogP contribution in [0.15, 0.2) is 18.2 Å². The highest BCUT2D eigenvalue weighted by Crippen LogP contribution is 2.34. The molecule has 8 heteroatoms. The fraction of sp³-hybridized carbons (Fsp3) is 0.462. The van der Waals surface area contributed by atoms with Crippen LogP contribution in [0.3, 0.4) is 0 Å². The third-order valence-corrected chi connectivity index (χ3v) is 3.46. The van der Waals surface area contributed by atoms with Crippen molar-refractivity contribution in [3.05, 3.63) is 35.1 Å². The van der Waals surface area contributed by atoms with Gasteiger partial charge in [-0.05, 0) is 31.5 Å². The third kappa shape index (κ3) is 4.07. The Labute approximate surface area is 124 Å². The maximum Gasteiger partial charge on any atom is 0.416 e. The van der Waals surface area contributed by atoms with Gasteiger partial charge in [0.2, 0.25) is 0 Å². The van der Waals surface area contributed by atoms with Crippen molar-refractivity contribution in [3.63, 3.8) is 0 Å². The number of alkyl halides is 3. The molecule has 0 radical (unpaired) electrons. The lowest BCUT2D eigenvalue weighted by Gasteiger charge is -2.28. The molecule has 1 aliphatic rings. The average molecular weight is 328 g/mol. The number of benzene rings is 1. The zero-order valence-electron chi connectivity index (χ0n) is 10.8. The Morgan fingerprint density at radius 2 is 2.00 bits per heavy atom. The molecule has 0 aliphatic carbocycles. The molecule has 1 aliphatic heterocycles. The van der Waals surface area contributed by atoms with Crippen LogP contribution in [0, 0.1) is 11.7 Å². The molecule has 0 saturated carbocycles. The molecule has 21 heavy (non-hydrogen) atoms. The summed E-state index contributed by atoms with van der Waals surface area (Å²) in [7, 11) is 0. The van der Waals surface area contributed by atoms with Gasteiger partial charge in [-0.25, -0.2) is 4.39 Å². The van der Waals surface area contributed by atoms with Crippen LogP contribution in [-0.4, -0.2) is 17.6 Å². The first kappa shape index (κ1) is 17.7. The Bertz CT molecular complexity index is 521. The first-order valence-electron chi connectivity index (χ1n) is 6.12. The summed E-state index contributed by atoms with van der Waals surface area (Å²) >= 11 is 0. The summed E-state index contributed by atoms with van der Waals surface area (Å²) in [6.45, 7) is 0.391. The Hall–Kier alpha value is -1.34. The summed E-state index contributed by atoms with van der Waals surface area (Å²) in [5.74, 6) is -2.55. The van der Waals surface area contributed by atoms with Crippen molar-refractivity contribution in [1.82, 2.24) is 5.32 Å². The topological polar surface area (TPSA) is 49.3 Å². The number of carboxylic acid groups (broad SMARTS) is 1. The summed E-state index contributed by atoms with van der Waals surface area (Å²) in [6.07, 6.45) is -4.01. The molecular weight excluding hydrogens is 314 g/mol. The van der Waals surface area contributed by atoms with Crippen LogP contribution in [0.4, 0.5) is 17.6 Å². The van der Waals surface area contributed by atoms with Crippen molar-refractivity contribution in [2.24, 2.45) is 5.92 Å². The number of nitrogens with one attached hydrogen (secondary N) is 1. The number of halogens is 5. The van der Waals surface area contributed by atoms with E-state index in [1.54, 1.807) is 0 Å². The van der Waals surface area contributed by atoms with Gasteiger partial charge in [0.05, 0.1) is 11.5 Å². The first-order valence-corrected chi connectivity index (χ1v) is 6.12. The van der Waals surface area contributed by atoms with Crippen LogP contribution in [0.5, 0.6) is 0 Å². The maximum absolute atomic E-state index is 13.8. The molecule has 0 aromatic heterocycles. The van der Waals surface area contributed by atoms with Gasteiger partial charge in [-0.15, -0.1) is 12.4 Å². The van der Waals surface area contributed by atoms with Crippen LogP contribution < -0.4 is 5.32 Å². The minimum atomic E-state index is -4.59. The number of rotatable bonds is 2. The second-order valence-electron chi connectivity index (χ2n) is 4.80. The van der Waals surface area contributed by atoms with Gasteiger partial charge in [0.1, 0.15) is 5.82 Å². The lowest BCUT2D eigenvalue weighted by atomic mass is 9.88. The van der Waals surface area contributed by atoms with Crippen molar-refractivity contribution >= 4 is 18.4 Å². The highest BCUT2D eigenvalue weighted by atomic mass is 35.5. The molecule has 1 heterocycles. The average Bonchev–Trinajstić information content (AvgIpc) is 2.37. The van der Waals surface area contributed by atoms with E-state index in [0.29, 0.717) is 19.0 Å². The summed E-state index contributed by atoms with van der Waals surface area (Å²) in [4.78, 5) is 10.9. The number of aliphatic carboxylic acids is 1. The molecule has 0 spiro atoms. The van der Waals surface area contributed by atoms with Crippen molar-refractivity contribution < 1.29 is 27.5 Å². The molecule has 1 fully saturated rings. The smallest absolute Gasteiger partial charge is 0.416 e. The molecule has 3 nitrogen and oxygen atoms in total. The van der Waals surface area contributed by atoms with Crippen LogP contribution in [0.1, 0.15) is 30.0 Å². The molecule has 1 saturated heterocycles. The molecule has 0 bridgehead atoms. The van der Waals surface area contributed by atoms with Crippen LogP contribution in [0.2, 0.25) is 0 Å². The Balaban J connectivity index is 0.00000220. The van der Waals surface area contributed by atoms with Crippen molar-refractivity contribution in [2.75, 3.05) is 6.54 Å². The maximum atomic E-state index is 13.8. The molecule has 2 unspecified atom stereocenters. The van der Waals surface area contributed by atoms with Gasteiger partial charge in [-0.2, -0.15) is 13.2 Å². The standard InChI is InChI=1S/C13H13F4NO2.ClH/c14-10-6-8(13(15,16)17)1-2-9(10)11-5-7(12(19)20)3-4-18-11;/h1-2,6-7,11,18H,3-5H2,(H,19,20);1H. The molecular formula is C13H14ClF4NO2. The predicted molar refractivity (Wildman–Crippen MR) is 69.8 cm³/mol. The van der Waals surface area contributed by atoms with Crippen LogP contribution >= 0.6 is 12.4 Å². The van der Waals surface area contributed by atoms with E-state index in [-0.39, 0.29) is 24.4 Å². The van der Waals surface area contributed by atoms with Gasteiger partial charge in [0.25, 0.3) is 0 Å². The highest BCUT2D eigenvalue weighted by Gasteiger charge is 2.33. The van der Waals surface area contributed by atoms with E-state index < -0.39 is 35.5 Å². The Morgan fingerprint density at radius 3 is 2.52 bits per heavy atom. The molecule has 2 N–H and O–H groups in total. The summed E-state index contributed by atoms with van der Waals surface area (Å²) in [5.41, 5.74) is -0.978.